The Hall–Kier alpha value is -0.780. The Morgan fingerprint density at radius 2 is 2.26 bits per heavy atom. The molecule has 0 spiro atoms. The van der Waals surface area contributed by atoms with Crippen LogP contribution in [0.3, 0.4) is 0 Å². The normalized spacial score (nSPS) is 11.2. The standard InChI is InChI=1S/C14H18BrN3S/c1-10(2)8-16-9-11-3-4-12(7-13(11)15)19-14-17-5-6-18-14/h3-7,10,16H,8-9H2,1-2H3,(H,17,18). The van der Waals surface area contributed by atoms with Gasteiger partial charge in [0.15, 0.2) is 5.16 Å². The first kappa shape index (κ1) is 14.6. The first-order valence-corrected chi connectivity index (χ1v) is 7.92. The zero-order valence-electron chi connectivity index (χ0n) is 11.1. The molecule has 0 atom stereocenters. The average molecular weight is 340 g/mol. The fourth-order valence-corrected chi connectivity index (χ4v) is 3.10. The zero-order chi connectivity index (χ0) is 13.7. The van der Waals surface area contributed by atoms with Crippen molar-refractivity contribution in [1.82, 2.24) is 15.3 Å². The summed E-state index contributed by atoms with van der Waals surface area (Å²) in [5, 5.41) is 4.37. The Balaban J connectivity index is 1.96. The maximum atomic E-state index is 4.21. The summed E-state index contributed by atoms with van der Waals surface area (Å²) in [5.41, 5.74) is 1.28. The summed E-state index contributed by atoms with van der Waals surface area (Å²) in [7, 11) is 0. The van der Waals surface area contributed by atoms with E-state index in [0.717, 1.165) is 22.7 Å². The predicted octanol–water partition coefficient (Wildman–Crippen LogP) is 4.07. The van der Waals surface area contributed by atoms with E-state index in [1.165, 1.54) is 10.5 Å². The van der Waals surface area contributed by atoms with Gasteiger partial charge in [-0.3, -0.25) is 0 Å². The molecular formula is C14H18BrN3S. The molecule has 1 aromatic heterocycles. The van der Waals surface area contributed by atoms with E-state index in [-0.39, 0.29) is 0 Å². The number of H-pyrrole nitrogens is 1. The molecule has 3 nitrogen and oxygen atoms in total. The van der Waals surface area contributed by atoms with Crippen LogP contribution >= 0.6 is 27.7 Å². The van der Waals surface area contributed by atoms with Gasteiger partial charge in [-0.1, -0.05) is 47.6 Å². The molecule has 0 aliphatic rings. The van der Waals surface area contributed by atoms with Gasteiger partial charge < -0.3 is 10.3 Å². The first-order chi connectivity index (χ1) is 9.15. The lowest BCUT2D eigenvalue weighted by molar-refractivity contribution is 0.551. The van der Waals surface area contributed by atoms with Crippen LogP contribution in [0.4, 0.5) is 0 Å². The molecule has 0 saturated heterocycles. The van der Waals surface area contributed by atoms with E-state index < -0.39 is 0 Å². The second-order valence-electron chi connectivity index (χ2n) is 4.77. The van der Waals surface area contributed by atoms with E-state index in [2.05, 4.69) is 63.3 Å². The molecule has 0 unspecified atom stereocenters. The summed E-state index contributed by atoms with van der Waals surface area (Å²) in [5.74, 6) is 0.674. The molecule has 2 aromatic rings. The third-order valence-corrected chi connectivity index (χ3v) is 4.22. The molecule has 0 amide bonds. The van der Waals surface area contributed by atoms with E-state index in [9.17, 15) is 0 Å². The zero-order valence-corrected chi connectivity index (χ0v) is 13.5. The Labute approximate surface area is 126 Å². The molecule has 102 valence electrons. The molecule has 5 heteroatoms. The van der Waals surface area contributed by atoms with Crippen molar-refractivity contribution >= 4 is 27.7 Å². The van der Waals surface area contributed by atoms with E-state index in [0.29, 0.717) is 5.92 Å². The molecule has 0 aliphatic carbocycles. The fourth-order valence-electron chi connectivity index (χ4n) is 1.65. The summed E-state index contributed by atoms with van der Waals surface area (Å²) < 4.78 is 1.14. The highest BCUT2D eigenvalue weighted by Gasteiger charge is 2.04. The number of rotatable bonds is 6. The number of halogens is 1. The van der Waals surface area contributed by atoms with Crippen molar-refractivity contribution in [2.24, 2.45) is 5.92 Å². The van der Waals surface area contributed by atoms with Gasteiger partial charge in [0.2, 0.25) is 0 Å². The monoisotopic (exact) mass is 339 g/mol. The van der Waals surface area contributed by atoms with Crippen molar-refractivity contribution in [1.29, 1.82) is 0 Å². The average Bonchev–Trinajstić information content (AvgIpc) is 2.84. The lowest BCUT2D eigenvalue weighted by Gasteiger charge is -2.10. The van der Waals surface area contributed by atoms with Crippen LogP contribution in [-0.4, -0.2) is 16.5 Å². The van der Waals surface area contributed by atoms with Crippen LogP contribution in [0.15, 0.2) is 45.1 Å². The second-order valence-corrected chi connectivity index (χ2v) is 6.69. The van der Waals surface area contributed by atoms with Gasteiger partial charge in [-0.15, -0.1) is 0 Å². The minimum Gasteiger partial charge on any atom is -0.339 e. The van der Waals surface area contributed by atoms with Crippen LogP contribution in [0.1, 0.15) is 19.4 Å². The second kappa shape index (κ2) is 7.12. The Morgan fingerprint density at radius 3 is 2.89 bits per heavy atom. The number of nitrogens with one attached hydrogen (secondary N) is 2. The van der Waals surface area contributed by atoms with Gasteiger partial charge in [-0.25, -0.2) is 4.98 Å². The molecule has 0 saturated carbocycles. The third kappa shape index (κ3) is 4.67. The quantitative estimate of drug-likeness (QED) is 0.833. The molecule has 0 fully saturated rings. The predicted molar refractivity (Wildman–Crippen MR) is 83.4 cm³/mol. The topological polar surface area (TPSA) is 40.7 Å². The maximum Gasteiger partial charge on any atom is 0.170 e. The van der Waals surface area contributed by atoms with Crippen LogP contribution < -0.4 is 5.32 Å². The number of hydrogen-bond acceptors (Lipinski definition) is 3. The lowest BCUT2D eigenvalue weighted by atomic mass is 10.2. The molecule has 2 rings (SSSR count). The van der Waals surface area contributed by atoms with Crippen LogP contribution in [0.25, 0.3) is 0 Å². The van der Waals surface area contributed by atoms with E-state index in [1.807, 2.05) is 6.20 Å². The Kier molecular flexibility index (Phi) is 5.48. The third-order valence-electron chi connectivity index (χ3n) is 2.58. The smallest absolute Gasteiger partial charge is 0.170 e. The summed E-state index contributed by atoms with van der Waals surface area (Å²) in [6.45, 7) is 6.36. The molecule has 0 radical (unpaired) electrons. The number of benzene rings is 1. The molecule has 19 heavy (non-hydrogen) atoms. The van der Waals surface area contributed by atoms with Gasteiger partial charge in [-0.05, 0) is 30.2 Å². The van der Waals surface area contributed by atoms with E-state index in [4.69, 9.17) is 0 Å². The summed E-state index contributed by atoms with van der Waals surface area (Å²) in [6.07, 6.45) is 3.60. The number of aromatic nitrogens is 2. The van der Waals surface area contributed by atoms with E-state index in [1.54, 1.807) is 18.0 Å². The van der Waals surface area contributed by atoms with Crippen LogP contribution in [0.2, 0.25) is 0 Å². The molecule has 0 bridgehead atoms. The minimum atomic E-state index is 0.674. The van der Waals surface area contributed by atoms with Gasteiger partial charge >= 0.3 is 0 Å². The highest BCUT2D eigenvalue weighted by atomic mass is 79.9. The Morgan fingerprint density at radius 1 is 1.42 bits per heavy atom. The first-order valence-electron chi connectivity index (χ1n) is 6.31. The van der Waals surface area contributed by atoms with Crippen LogP contribution in [0.5, 0.6) is 0 Å². The van der Waals surface area contributed by atoms with Crippen molar-refractivity contribution in [3.05, 3.63) is 40.6 Å². The molecular weight excluding hydrogens is 322 g/mol. The summed E-state index contributed by atoms with van der Waals surface area (Å²) in [4.78, 5) is 8.48. The highest BCUT2D eigenvalue weighted by molar-refractivity contribution is 9.10. The number of hydrogen-bond donors (Lipinski definition) is 2. The minimum absolute atomic E-state index is 0.674. The number of imidazole rings is 1. The number of nitrogens with zero attached hydrogens (tertiary/aromatic N) is 1. The number of aromatic amines is 1. The largest absolute Gasteiger partial charge is 0.339 e. The van der Waals surface area contributed by atoms with Crippen molar-refractivity contribution in [3.63, 3.8) is 0 Å². The summed E-state index contributed by atoms with van der Waals surface area (Å²) in [6, 6.07) is 6.42. The lowest BCUT2D eigenvalue weighted by Crippen LogP contribution is -2.19. The van der Waals surface area contributed by atoms with Gasteiger partial charge in [0.05, 0.1) is 0 Å². The highest BCUT2D eigenvalue weighted by Crippen LogP contribution is 2.28. The van der Waals surface area contributed by atoms with Crippen molar-refractivity contribution in [2.75, 3.05) is 6.54 Å². The van der Waals surface area contributed by atoms with Crippen LogP contribution in [-0.2, 0) is 6.54 Å². The van der Waals surface area contributed by atoms with Gasteiger partial charge in [-0.2, -0.15) is 0 Å². The van der Waals surface area contributed by atoms with Crippen molar-refractivity contribution in [2.45, 2.75) is 30.4 Å². The van der Waals surface area contributed by atoms with Crippen molar-refractivity contribution in [3.8, 4) is 0 Å². The van der Waals surface area contributed by atoms with Crippen molar-refractivity contribution < 1.29 is 0 Å². The SMILES string of the molecule is CC(C)CNCc1ccc(Sc2ncc[nH]2)cc1Br. The molecule has 1 aromatic carbocycles. The van der Waals surface area contributed by atoms with Gasteiger partial charge in [0.25, 0.3) is 0 Å². The molecule has 1 heterocycles. The van der Waals surface area contributed by atoms with Crippen LogP contribution in [0, 0.1) is 5.92 Å². The molecule has 2 N–H and O–H groups in total. The Bertz CT molecular complexity index is 511. The molecule has 0 aliphatic heterocycles. The van der Waals surface area contributed by atoms with Gasteiger partial charge in [0.1, 0.15) is 0 Å². The van der Waals surface area contributed by atoms with Gasteiger partial charge in [0, 0.05) is 28.3 Å². The van der Waals surface area contributed by atoms with E-state index >= 15 is 0 Å². The fraction of sp³-hybridized carbons (Fsp3) is 0.357. The maximum absolute atomic E-state index is 4.21. The summed E-state index contributed by atoms with van der Waals surface area (Å²) >= 11 is 5.26.